The number of carbonyl (C=O) groups excluding carboxylic acids is 1. The first-order chi connectivity index (χ1) is 15.9. The van der Waals surface area contributed by atoms with E-state index in [9.17, 15) is 4.79 Å². The van der Waals surface area contributed by atoms with Crippen molar-refractivity contribution in [3.8, 4) is 17.7 Å². The summed E-state index contributed by atoms with van der Waals surface area (Å²) in [5, 5.41) is 17.0. The quantitative estimate of drug-likeness (QED) is 0.464. The second-order valence-corrected chi connectivity index (χ2v) is 7.67. The Labute approximate surface area is 191 Å². The van der Waals surface area contributed by atoms with Gasteiger partial charge in [0.2, 0.25) is 5.88 Å². The first-order valence-electron chi connectivity index (χ1n) is 10.4. The Bertz CT molecular complexity index is 1370. The predicted molar refractivity (Wildman–Crippen MR) is 124 cm³/mol. The van der Waals surface area contributed by atoms with Crippen molar-refractivity contribution in [3.05, 3.63) is 77.0 Å². The van der Waals surface area contributed by atoms with E-state index in [1.165, 1.54) is 0 Å². The molecule has 33 heavy (non-hydrogen) atoms. The van der Waals surface area contributed by atoms with Crippen LogP contribution in [-0.4, -0.2) is 27.3 Å². The molecule has 0 aliphatic carbocycles. The minimum absolute atomic E-state index is 0.189. The molecule has 4 aromatic rings. The lowest BCUT2D eigenvalue weighted by Crippen LogP contribution is -2.20. The van der Waals surface area contributed by atoms with Gasteiger partial charge in [-0.05, 0) is 55.3 Å². The molecular weight excluding hydrogens is 418 g/mol. The molecule has 2 aromatic heterocycles. The lowest BCUT2D eigenvalue weighted by atomic mass is 10.1. The number of amides is 1. The van der Waals surface area contributed by atoms with Crippen molar-refractivity contribution < 1.29 is 14.3 Å². The molecule has 1 N–H and O–H groups in total. The Hall–Kier alpha value is -4.38. The highest BCUT2D eigenvalue weighted by atomic mass is 16.5. The second kappa shape index (κ2) is 9.40. The van der Waals surface area contributed by atoms with Crippen LogP contribution in [0.3, 0.4) is 0 Å². The van der Waals surface area contributed by atoms with Crippen LogP contribution in [0.1, 0.15) is 22.4 Å². The van der Waals surface area contributed by atoms with Crippen molar-refractivity contribution in [1.29, 1.82) is 5.26 Å². The molecule has 8 heteroatoms. The number of aryl methyl sites for hydroxylation is 3. The summed E-state index contributed by atoms with van der Waals surface area (Å²) in [5.41, 5.74) is 4.66. The van der Waals surface area contributed by atoms with Gasteiger partial charge < -0.3 is 14.8 Å². The Morgan fingerprint density at radius 1 is 1.12 bits per heavy atom. The van der Waals surface area contributed by atoms with Crippen LogP contribution in [0.15, 0.2) is 54.6 Å². The van der Waals surface area contributed by atoms with E-state index in [-0.39, 0.29) is 12.5 Å². The molecule has 8 nitrogen and oxygen atoms in total. The fourth-order valence-corrected chi connectivity index (χ4v) is 3.54. The van der Waals surface area contributed by atoms with Gasteiger partial charge in [0, 0.05) is 24.5 Å². The predicted octanol–water partition coefficient (Wildman–Crippen LogP) is 4.05. The number of nitrogens with one attached hydrogen (secondary N) is 1. The van der Waals surface area contributed by atoms with Crippen molar-refractivity contribution in [2.24, 2.45) is 7.05 Å². The average molecular weight is 441 g/mol. The minimum Gasteiger partial charge on any atom is -0.489 e. The Morgan fingerprint density at radius 3 is 2.76 bits per heavy atom. The van der Waals surface area contributed by atoms with Gasteiger partial charge in [0.25, 0.3) is 5.91 Å². The average Bonchev–Trinajstić information content (AvgIpc) is 3.12. The summed E-state index contributed by atoms with van der Waals surface area (Å²) in [6.07, 6.45) is 0. The van der Waals surface area contributed by atoms with Gasteiger partial charge in [0.15, 0.2) is 12.3 Å². The number of rotatable bonds is 7. The smallest absolute Gasteiger partial charge is 0.262 e. The van der Waals surface area contributed by atoms with E-state index in [0.29, 0.717) is 35.1 Å². The number of hydrogen-bond acceptors (Lipinski definition) is 6. The maximum atomic E-state index is 12.5. The highest BCUT2D eigenvalue weighted by molar-refractivity contribution is 5.92. The third-order valence-corrected chi connectivity index (χ3v) is 5.01. The molecule has 2 heterocycles. The molecule has 0 aliphatic heterocycles. The zero-order valence-electron chi connectivity index (χ0n) is 18.6. The van der Waals surface area contributed by atoms with Crippen molar-refractivity contribution in [1.82, 2.24) is 14.8 Å². The van der Waals surface area contributed by atoms with Gasteiger partial charge >= 0.3 is 0 Å². The summed E-state index contributed by atoms with van der Waals surface area (Å²) < 4.78 is 13.2. The van der Waals surface area contributed by atoms with Crippen LogP contribution < -0.4 is 14.8 Å². The van der Waals surface area contributed by atoms with Crippen LogP contribution in [0.5, 0.6) is 11.6 Å². The van der Waals surface area contributed by atoms with E-state index in [1.807, 2.05) is 32.0 Å². The number of nitriles is 1. The molecule has 1 amide bonds. The van der Waals surface area contributed by atoms with E-state index in [2.05, 4.69) is 21.5 Å². The lowest BCUT2D eigenvalue weighted by molar-refractivity contribution is -0.118. The Kier molecular flexibility index (Phi) is 6.22. The number of pyridine rings is 1. The molecule has 0 aliphatic rings. The molecule has 0 saturated heterocycles. The number of nitrogens with zero attached hydrogens (tertiary/aromatic N) is 4. The Morgan fingerprint density at radius 2 is 1.94 bits per heavy atom. The molecular formula is C25H23N5O3. The van der Waals surface area contributed by atoms with Gasteiger partial charge in [-0.15, -0.1) is 5.10 Å². The summed E-state index contributed by atoms with van der Waals surface area (Å²) in [7, 11) is 1.79. The molecule has 0 saturated carbocycles. The zero-order valence-corrected chi connectivity index (χ0v) is 18.6. The standard InChI is InChI=1S/C25H23N5O3/c1-16-10-17(2)27-24-23(16)25(29-30(24)3)33-15-22(31)28-20-8-5-9-21(12-20)32-14-19-7-4-6-18(11-19)13-26/h4-12H,14-15H2,1-3H3,(H,28,31). The second-order valence-electron chi connectivity index (χ2n) is 7.67. The fourth-order valence-electron chi connectivity index (χ4n) is 3.54. The number of carbonyl (C=O) groups is 1. The van der Waals surface area contributed by atoms with Crippen molar-refractivity contribution in [2.75, 3.05) is 11.9 Å². The third kappa shape index (κ3) is 5.10. The van der Waals surface area contributed by atoms with Crippen molar-refractivity contribution in [3.63, 3.8) is 0 Å². The van der Waals surface area contributed by atoms with Crippen LogP contribution in [0.4, 0.5) is 5.69 Å². The van der Waals surface area contributed by atoms with Gasteiger partial charge in [-0.1, -0.05) is 18.2 Å². The maximum absolute atomic E-state index is 12.5. The molecule has 0 fully saturated rings. The highest BCUT2D eigenvalue weighted by Crippen LogP contribution is 2.27. The number of hydrogen-bond donors (Lipinski definition) is 1. The molecule has 0 spiro atoms. The van der Waals surface area contributed by atoms with E-state index in [1.54, 1.807) is 48.1 Å². The van der Waals surface area contributed by atoms with E-state index >= 15 is 0 Å². The number of benzene rings is 2. The molecule has 4 rings (SSSR count). The first-order valence-corrected chi connectivity index (χ1v) is 10.4. The molecule has 166 valence electrons. The van der Waals surface area contributed by atoms with E-state index in [0.717, 1.165) is 22.2 Å². The lowest BCUT2D eigenvalue weighted by Gasteiger charge is -2.10. The summed E-state index contributed by atoms with van der Waals surface area (Å²) in [4.78, 5) is 17.0. The topological polar surface area (TPSA) is 102 Å². The number of ether oxygens (including phenoxy) is 2. The van der Waals surface area contributed by atoms with Crippen LogP contribution in [-0.2, 0) is 18.4 Å². The molecule has 2 aromatic carbocycles. The van der Waals surface area contributed by atoms with Crippen LogP contribution in [0.25, 0.3) is 11.0 Å². The zero-order chi connectivity index (χ0) is 23.4. The summed E-state index contributed by atoms with van der Waals surface area (Å²) in [5.74, 6) is 0.665. The van der Waals surface area contributed by atoms with Crippen LogP contribution >= 0.6 is 0 Å². The molecule has 0 atom stereocenters. The number of fused-ring (bicyclic) bond motifs is 1. The minimum atomic E-state index is -0.314. The number of aromatic nitrogens is 3. The SMILES string of the molecule is Cc1cc(C)c2c(OCC(=O)Nc3cccc(OCc4cccc(C#N)c4)c3)nn(C)c2n1. The third-order valence-electron chi connectivity index (χ3n) is 5.01. The van der Waals surface area contributed by atoms with Crippen LogP contribution in [0, 0.1) is 25.2 Å². The monoisotopic (exact) mass is 441 g/mol. The maximum Gasteiger partial charge on any atom is 0.262 e. The van der Waals surface area contributed by atoms with E-state index < -0.39 is 0 Å². The van der Waals surface area contributed by atoms with Crippen LogP contribution in [0.2, 0.25) is 0 Å². The van der Waals surface area contributed by atoms with Gasteiger partial charge in [0.1, 0.15) is 12.4 Å². The van der Waals surface area contributed by atoms with Crippen molar-refractivity contribution in [2.45, 2.75) is 20.5 Å². The molecule has 0 bridgehead atoms. The van der Waals surface area contributed by atoms with Gasteiger partial charge in [0.05, 0.1) is 17.0 Å². The molecule has 0 unspecified atom stereocenters. The fraction of sp³-hybridized carbons (Fsp3) is 0.200. The normalized spacial score (nSPS) is 10.6. The largest absolute Gasteiger partial charge is 0.489 e. The highest BCUT2D eigenvalue weighted by Gasteiger charge is 2.15. The summed E-state index contributed by atoms with van der Waals surface area (Å²) in [6, 6.07) is 18.4. The van der Waals surface area contributed by atoms with Gasteiger partial charge in [-0.25, -0.2) is 9.67 Å². The number of anilines is 1. The summed E-state index contributed by atoms with van der Waals surface area (Å²) >= 11 is 0. The molecule has 0 radical (unpaired) electrons. The van der Waals surface area contributed by atoms with Gasteiger partial charge in [-0.3, -0.25) is 4.79 Å². The van der Waals surface area contributed by atoms with Crippen molar-refractivity contribution >= 4 is 22.6 Å². The first kappa shape index (κ1) is 21.8. The Balaban J connectivity index is 1.37. The summed E-state index contributed by atoms with van der Waals surface area (Å²) in [6.45, 7) is 4.02. The van der Waals surface area contributed by atoms with E-state index in [4.69, 9.17) is 14.7 Å². The van der Waals surface area contributed by atoms with Gasteiger partial charge in [-0.2, -0.15) is 5.26 Å².